The zero-order chi connectivity index (χ0) is 11.4. The Bertz CT molecular complexity index is 494. The zero-order valence-corrected chi connectivity index (χ0v) is 9.05. The first kappa shape index (κ1) is 10.5. The first-order valence-corrected chi connectivity index (χ1v) is 5.11. The number of aromatic nitrogens is 2. The number of Topliss-reactive ketones (excluding diaryl/α,β-unsaturated/α-hetero) is 1. The van der Waals surface area contributed by atoms with E-state index in [-0.39, 0.29) is 5.78 Å². The molecule has 0 spiro atoms. The van der Waals surface area contributed by atoms with Gasteiger partial charge in [0.2, 0.25) is 0 Å². The molecule has 0 bridgehead atoms. The van der Waals surface area contributed by atoms with Crippen LogP contribution < -0.4 is 0 Å². The Morgan fingerprint density at radius 1 is 1.19 bits per heavy atom. The highest BCUT2D eigenvalue weighted by Crippen LogP contribution is 2.16. The summed E-state index contributed by atoms with van der Waals surface area (Å²) in [6, 6.07) is 11.7. The van der Waals surface area contributed by atoms with Crippen molar-refractivity contribution in [1.82, 2.24) is 9.97 Å². The molecule has 1 aromatic carbocycles. The Balaban J connectivity index is 2.33. The molecule has 0 aliphatic rings. The van der Waals surface area contributed by atoms with Crippen LogP contribution in [0.2, 0.25) is 0 Å². The van der Waals surface area contributed by atoms with Crippen LogP contribution in [0.4, 0.5) is 0 Å². The van der Waals surface area contributed by atoms with Crippen molar-refractivity contribution in [3.8, 4) is 11.3 Å². The first-order valence-electron chi connectivity index (χ1n) is 5.11. The van der Waals surface area contributed by atoms with E-state index in [4.69, 9.17) is 0 Å². The predicted octanol–water partition coefficient (Wildman–Crippen LogP) is 2.28. The van der Waals surface area contributed by atoms with Crippen molar-refractivity contribution in [2.75, 3.05) is 0 Å². The fraction of sp³-hybridized carbons (Fsp3) is 0.154. The third kappa shape index (κ3) is 2.51. The van der Waals surface area contributed by atoms with Gasteiger partial charge in [-0.3, -0.25) is 4.79 Å². The van der Waals surface area contributed by atoms with E-state index in [9.17, 15) is 4.79 Å². The molecule has 3 heteroatoms. The van der Waals surface area contributed by atoms with E-state index in [0.717, 1.165) is 17.0 Å². The van der Waals surface area contributed by atoms with Gasteiger partial charge in [0.1, 0.15) is 12.1 Å². The molecule has 0 saturated heterocycles. The average Bonchev–Trinajstić information content (AvgIpc) is 2.30. The topological polar surface area (TPSA) is 42.9 Å². The maximum Gasteiger partial charge on any atom is 0.135 e. The lowest BCUT2D eigenvalue weighted by molar-refractivity contribution is -0.116. The predicted molar refractivity (Wildman–Crippen MR) is 61.9 cm³/mol. The van der Waals surface area contributed by atoms with Gasteiger partial charge in [-0.2, -0.15) is 0 Å². The van der Waals surface area contributed by atoms with E-state index in [1.807, 2.05) is 36.4 Å². The van der Waals surface area contributed by atoms with E-state index in [2.05, 4.69) is 9.97 Å². The minimum Gasteiger partial charge on any atom is -0.300 e. The second-order valence-electron chi connectivity index (χ2n) is 3.64. The summed E-state index contributed by atoms with van der Waals surface area (Å²) in [7, 11) is 0. The maximum atomic E-state index is 11.0. The highest BCUT2D eigenvalue weighted by molar-refractivity contribution is 5.78. The fourth-order valence-corrected chi connectivity index (χ4v) is 1.52. The molecule has 80 valence electrons. The highest BCUT2D eigenvalue weighted by atomic mass is 16.1. The van der Waals surface area contributed by atoms with Gasteiger partial charge >= 0.3 is 0 Å². The van der Waals surface area contributed by atoms with Gasteiger partial charge in [0.25, 0.3) is 0 Å². The van der Waals surface area contributed by atoms with Crippen LogP contribution in [0.25, 0.3) is 11.3 Å². The van der Waals surface area contributed by atoms with Crippen LogP contribution in [0, 0.1) is 0 Å². The van der Waals surface area contributed by atoms with E-state index in [1.165, 1.54) is 6.33 Å². The number of rotatable bonds is 3. The number of carbonyl (C=O) groups is 1. The van der Waals surface area contributed by atoms with Crippen molar-refractivity contribution in [2.45, 2.75) is 13.3 Å². The SMILES string of the molecule is CC(=O)Cc1cc(-c2ccccc2)ncn1. The van der Waals surface area contributed by atoms with Crippen molar-refractivity contribution >= 4 is 5.78 Å². The van der Waals surface area contributed by atoms with Gasteiger partial charge in [-0.1, -0.05) is 30.3 Å². The van der Waals surface area contributed by atoms with Crippen molar-refractivity contribution in [1.29, 1.82) is 0 Å². The number of ketones is 1. The number of hydrogen-bond donors (Lipinski definition) is 0. The number of carbonyl (C=O) groups excluding carboxylic acids is 1. The van der Waals surface area contributed by atoms with Gasteiger partial charge in [0.15, 0.2) is 0 Å². The van der Waals surface area contributed by atoms with Crippen molar-refractivity contribution in [3.63, 3.8) is 0 Å². The second kappa shape index (κ2) is 4.66. The normalized spacial score (nSPS) is 10.1. The molecule has 0 saturated carbocycles. The average molecular weight is 212 g/mol. The molecule has 0 atom stereocenters. The minimum absolute atomic E-state index is 0.109. The van der Waals surface area contributed by atoms with Crippen molar-refractivity contribution < 1.29 is 4.79 Å². The fourth-order valence-electron chi connectivity index (χ4n) is 1.52. The number of benzene rings is 1. The molecule has 0 radical (unpaired) electrons. The van der Waals surface area contributed by atoms with Gasteiger partial charge in [-0.05, 0) is 13.0 Å². The Labute approximate surface area is 94.2 Å². The number of nitrogens with zero attached hydrogens (tertiary/aromatic N) is 2. The van der Waals surface area contributed by atoms with Crippen LogP contribution in [0.3, 0.4) is 0 Å². The summed E-state index contributed by atoms with van der Waals surface area (Å²) in [4.78, 5) is 19.3. The van der Waals surface area contributed by atoms with E-state index >= 15 is 0 Å². The molecular formula is C13H12N2O. The lowest BCUT2D eigenvalue weighted by atomic mass is 10.1. The molecule has 0 amide bonds. The third-order valence-electron chi connectivity index (χ3n) is 2.22. The van der Waals surface area contributed by atoms with Gasteiger partial charge in [0.05, 0.1) is 11.4 Å². The standard InChI is InChI=1S/C13H12N2O/c1-10(16)7-12-8-13(15-9-14-12)11-5-3-2-4-6-11/h2-6,8-9H,7H2,1H3. The van der Waals surface area contributed by atoms with Gasteiger partial charge in [-0.25, -0.2) is 9.97 Å². The Hall–Kier alpha value is -2.03. The summed E-state index contributed by atoms with van der Waals surface area (Å²) in [6.45, 7) is 1.56. The van der Waals surface area contributed by atoms with E-state index in [1.54, 1.807) is 6.92 Å². The van der Waals surface area contributed by atoms with Gasteiger partial charge in [0, 0.05) is 12.0 Å². The minimum atomic E-state index is 0.109. The van der Waals surface area contributed by atoms with E-state index in [0.29, 0.717) is 6.42 Å². The molecule has 16 heavy (non-hydrogen) atoms. The van der Waals surface area contributed by atoms with Gasteiger partial charge < -0.3 is 0 Å². The molecule has 0 aliphatic carbocycles. The summed E-state index contributed by atoms with van der Waals surface area (Å²) >= 11 is 0. The third-order valence-corrected chi connectivity index (χ3v) is 2.22. The lowest BCUT2D eigenvalue weighted by Crippen LogP contribution is -2.00. The summed E-state index contributed by atoms with van der Waals surface area (Å²) in [5.41, 5.74) is 2.66. The number of hydrogen-bond acceptors (Lipinski definition) is 3. The van der Waals surface area contributed by atoms with Crippen LogP contribution in [-0.4, -0.2) is 15.8 Å². The highest BCUT2D eigenvalue weighted by Gasteiger charge is 2.03. The molecule has 2 aromatic rings. The Morgan fingerprint density at radius 3 is 2.62 bits per heavy atom. The van der Waals surface area contributed by atoms with Gasteiger partial charge in [-0.15, -0.1) is 0 Å². The summed E-state index contributed by atoms with van der Waals surface area (Å²) in [6.07, 6.45) is 1.86. The largest absolute Gasteiger partial charge is 0.300 e. The molecule has 0 fully saturated rings. The molecule has 1 heterocycles. The van der Waals surface area contributed by atoms with Crippen molar-refractivity contribution in [3.05, 3.63) is 48.4 Å². The Kier molecular flexibility index (Phi) is 3.05. The monoisotopic (exact) mass is 212 g/mol. The molecule has 3 nitrogen and oxygen atoms in total. The summed E-state index contributed by atoms with van der Waals surface area (Å²) in [5, 5.41) is 0. The van der Waals surface area contributed by atoms with Crippen LogP contribution in [-0.2, 0) is 11.2 Å². The van der Waals surface area contributed by atoms with Crippen molar-refractivity contribution in [2.24, 2.45) is 0 Å². The molecule has 0 aliphatic heterocycles. The second-order valence-corrected chi connectivity index (χ2v) is 3.64. The first-order chi connectivity index (χ1) is 7.75. The van der Waals surface area contributed by atoms with Crippen LogP contribution in [0.1, 0.15) is 12.6 Å². The lowest BCUT2D eigenvalue weighted by Gasteiger charge is -2.02. The molecule has 2 rings (SSSR count). The molecule has 0 N–H and O–H groups in total. The van der Waals surface area contributed by atoms with Crippen LogP contribution in [0.15, 0.2) is 42.7 Å². The zero-order valence-electron chi connectivity index (χ0n) is 9.05. The maximum absolute atomic E-state index is 11.0. The van der Waals surface area contributed by atoms with Crippen LogP contribution >= 0.6 is 0 Å². The Morgan fingerprint density at radius 2 is 1.94 bits per heavy atom. The van der Waals surface area contributed by atoms with E-state index < -0.39 is 0 Å². The molecule has 1 aromatic heterocycles. The summed E-state index contributed by atoms with van der Waals surface area (Å²) in [5.74, 6) is 0.109. The van der Waals surface area contributed by atoms with Crippen LogP contribution in [0.5, 0.6) is 0 Å². The summed E-state index contributed by atoms with van der Waals surface area (Å²) < 4.78 is 0. The molecular weight excluding hydrogens is 200 g/mol. The quantitative estimate of drug-likeness (QED) is 0.783. The molecule has 0 unspecified atom stereocenters. The smallest absolute Gasteiger partial charge is 0.135 e.